The summed E-state index contributed by atoms with van der Waals surface area (Å²) >= 11 is 8.09. The second kappa shape index (κ2) is 8.69. The van der Waals surface area contributed by atoms with Crippen molar-refractivity contribution in [2.24, 2.45) is 0 Å². The molecule has 0 bridgehead atoms. The van der Waals surface area contributed by atoms with Crippen LogP contribution >= 0.6 is 43.6 Å². The lowest BCUT2D eigenvalue weighted by Crippen LogP contribution is -2.17. The first kappa shape index (κ1) is 19.0. The first-order chi connectivity index (χ1) is 11.4. The van der Waals surface area contributed by atoms with Crippen LogP contribution in [0.25, 0.3) is 0 Å². The van der Waals surface area contributed by atoms with Gasteiger partial charge in [0.25, 0.3) is 5.91 Å². The summed E-state index contributed by atoms with van der Waals surface area (Å²) < 4.78 is 6.42. The second-order valence-electron chi connectivity index (χ2n) is 4.86. The highest BCUT2D eigenvalue weighted by Gasteiger charge is 2.19. The van der Waals surface area contributed by atoms with Gasteiger partial charge in [0.15, 0.2) is 0 Å². The van der Waals surface area contributed by atoms with Crippen LogP contribution in [0.5, 0.6) is 0 Å². The Morgan fingerprint density at radius 2 is 1.88 bits per heavy atom. The summed E-state index contributed by atoms with van der Waals surface area (Å²) in [5, 5.41) is 2.47. The number of ether oxygens (including phenoxy) is 1. The minimum absolute atomic E-state index is 0.238. The second-order valence-corrected chi connectivity index (χ2v) is 8.01. The van der Waals surface area contributed by atoms with Crippen molar-refractivity contribution < 1.29 is 14.3 Å². The maximum atomic E-state index is 12.6. The molecular formula is C17H15Br2NO3S. The van der Waals surface area contributed by atoms with Crippen LogP contribution in [0, 0.1) is 0 Å². The number of nitrogens with one attached hydrogen (secondary N) is 1. The van der Waals surface area contributed by atoms with E-state index in [2.05, 4.69) is 37.2 Å². The van der Waals surface area contributed by atoms with Gasteiger partial charge in [-0.1, -0.05) is 28.1 Å². The lowest BCUT2D eigenvalue weighted by Gasteiger charge is -2.13. The number of carbonyl (C=O) groups excluding carboxylic acids is 2. The van der Waals surface area contributed by atoms with Crippen molar-refractivity contribution in [1.29, 1.82) is 0 Å². The molecule has 0 aliphatic heterocycles. The smallest absolute Gasteiger partial charge is 0.318 e. The van der Waals surface area contributed by atoms with Crippen LogP contribution in [0.4, 0.5) is 5.69 Å². The van der Waals surface area contributed by atoms with Crippen molar-refractivity contribution in [2.45, 2.75) is 17.1 Å². The highest BCUT2D eigenvalue weighted by atomic mass is 79.9. The molecule has 7 heteroatoms. The summed E-state index contributed by atoms with van der Waals surface area (Å²) in [4.78, 5) is 25.0. The molecular weight excluding hydrogens is 458 g/mol. The molecule has 2 rings (SSSR count). The maximum absolute atomic E-state index is 12.6. The SMILES string of the molecule is COC(=O)C(C)Sc1ccccc1C(=O)Nc1ccc(Br)cc1Br. The van der Waals surface area contributed by atoms with Crippen LogP contribution in [-0.2, 0) is 9.53 Å². The van der Waals surface area contributed by atoms with Crippen molar-refractivity contribution in [2.75, 3.05) is 12.4 Å². The van der Waals surface area contributed by atoms with E-state index in [9.17, 15) is 9.59 Å². The van der Waals surface area contributed by atoms with Gasteiger partial charge in [0.2, 0.25) is 0 Å². The van der Waals surface area contributed by atoms with Crippen LogP contribution < -0.4 is 5.32 Å². The Balaban J connectivity index is 2.22. The van der Waals surface area contributed by atoms with Crippen LogP contribution in [-0.4, -0.2) is 24.2 Å². The fourth-order valence-corrected chi connectivity index (χ4v) is 4.11. The first-order valence-corrected chi connectivity index (χ1v) is 9.49. The Labute approximate surface area is 161 Å². The van der Waals surface area contributed by atoms with E-state index in [1.54, 1.807) is 25.1 Å². The van der Waals surface area contributed by atoms with Crippen LogP contribution in [0.15, 0.2) is 56.3 Å². The van der Waals surface area contributed by atoms with Gasteiger partial charge in [-0.05, 0) is 53.2 Å². The lowest BCUT2D eigenvalue weighted by atomic mass is 10.2. The number of hydrogen-bond donors (Lipinski definition) is 1. The third-order valence-electron chi connectivity index (χ3n) is 3.15. The third kappa shape index (κ3) is 4.84. The van der Waals surface area contributed by atoms with Gasteiger partial charge in [0.1, 0.15) is 5.25 Å². The highest BCUT2D eigenvalue weighted by molar-refractivity contribution is 9.11. The number of rotatable bonds is 5. The number of methoxy groups -OCH3 is 1. The average molecular weight is 473 g/mol. The quantitative estimate of drug-likeness (QED) is 0.484. The maximum Gasteiger partial charge on any atom is 0.318 e. The van der Waals surface area contributed by atoms with E-state index in [1.165, 1.54) is 18.9 Å². The Hall–Kier alpha value is -1.31. The molecule has 0 saturated carbocycles. The van der Waals surface area contributed by atoms with E-state index in [0.29, 0.717) is 11.3 Å². The summed E-state index contributed by atoms with van der Waals surface area (Å²) in [7, 11) is 1.35. The van der Waals surface area contributed by atoms with Gasteiger partial charge in [-0.3, -0.25) is 9.59 Å². The van der Waals surface area contributed by atoms with Crippen molar-refractivity contribution in [3.05, 3.63) is 57.0 Å². The molecule has 1 amide bonds. The fraction of sp³-hybridized carbons (Fsp3) is 0.176. The largest absolute Gasteiger partial charge is 0.468 e. The number of amides is 1. The van der Waals surface area contributed by atoms with Crippen molar-refractivity contribution >= 4 is 61.2 Å². The zero-order valence-corrected chi connectivity index (χ0v) is 17.0. The van der Waals surface area contributed by atoms with Crippen molar-refractivity contribution in [3.63, 3.8) is 0 Å². The normalized spacial score (nSPS) is 11.7. The number of benzene rings is 2. The number of thioether (sulfide) groups is 1. The van der Waals surface area contributed by atoms with E-state index in [-0.39, 0.29) is 11.9 Å². The Morgan fingerprint density at radius 1 is 1.17 bits per heavy atom. The number of esters is 1. The van der Waals surface area contributed by atoms with Crippen LogP contribution in [0.2, 0.25) is 0 Å². The van der Waals surface area contributed by atoms with Gasteiger partial charge in [0.05, 0.1) is 18.4 Å². The van der Waals surface area contributed by atoms with E-state index in [1.807, 2.05) is 24.3 Å². The Bertz CT molecular complexity index is 767. The van der Waals surface area contributed by atoms with E-state index < -0.39 is 5.25 Å². The van der Waals surface area contributed by atoms with Crippen molar-refractivity contribution in [1.82, 2.24) is 0 Å². The predicted molar refractivity (Wildman–Crippen MR) is 104 cm³/mol. The monoisotopic (exact) mass is 471 g/mol. The van der Waals surface area contributed by atoms with Crippen LogP contribution in [0.1, 0.15) is 17.3 Å². The summed E-state index contributed by atoms with van der Waals surface area (Å²) in [6.45, 7) is 1.75. The zero-order chi connectivity index (χ0) is 17.7. The molecule has 4 nitrogen and oxygen atoms in total. The molecule has 2 aromatic rings. The highest BCUT2D eigenvalue weighted by Crippen LogP contribution is 2.30. The Morgan fingerprint density at radius 3 is 2.54 bits per heavy atom. The topological polar surface area (TPSA) is 55.4 Å². The fourth-order valence-electron chi connectivity index (χ4n) is 1.94. The number of halogens is 2. The molecule has 0 spiro atoms. The van der Waals surface area contributed by atoms with E-state index in [4.69, 9.17) is 4.74 Å². The summed E-state index contributed by atoms with van der Waals surface area (Å²) in [5.41, 5.74) is 1.18. The number of carbonyl (C=O) groups is 2. The number of hydrogen-bond acceptors (Lipinski definition) is 4. The molecule has 2 aromatic carbocycles. The molecule has 126 valence electrons. The minimum atomic E-state index is -0.400. The zero-order valence-electron chi connectivity index (χ0n) is 13.0. The van der Waals surface area contributed by atoms with E-state index >= 15 is 0 Å². The number of anilines is 1. The summed E-state index contributed by atoms with van der Waals surface area (Å²) in [6, 6.07) is 12.7. The molecule has 0 aromatic heterocycles. The van der Waals surface area contributed by atoms with Crippen LogP contribution in [0.3, 0.4) is 0 Å². The minimum Gasteiger partial charge on any atom is -0.468 e. The molecule has 1 unspecified atom stereocenters. The molecule has 0 heterocycles. The lowest BCUT2D eigenvalue weighted by molar-refractivity contribution is -0.139. The molecule has 1 atom stereocenters. The van der Waals surface area contributed by atoms with Gasteiger partial charge in [-0.2, -0.15) is 0 Å². The molecule has 0 radical (unpaired) electrons. The summed E-state index contributed by atoms with van der Waals surface area (Å²) in [5.74, 6) is -0.566. The molecule has 1 N–H and O–H groups in total. The van der Waals surface area contributed by atoms with Gasteiger partial charge in [0, 0.05) is 13.8 Å². The van der Waals surface area contributed by atoms with Gasteiger partial charge >= 0.3 is 5.97 Å². The molecule has 0 fully saturated rings. The van der Waals surface area contributed by atoms with Crippen molar-refractivity contribution in [3.8, 4) is 0 Å². The average Bonchev–Trinajstić information content (AvgIpc) is 2.57. The standard InChI is InChI=1S/C17H15Br2NO3S/c1-10(17(22)23-2)24-15-6-4-3-5-12(15)16(21)20-14-8-7-11(18)9-13(14)19/h3-10H,1-2H3,(H,20,21). The van der Waals surface area contributed by atoms with Gasteiger partial charge in [-0.25, -0.2) is 0 Å². The predicted octanol–water partition coefficient (Wildman–Crippen LogP) is 5.12. The molecule has 0 aliphatic rings. The van der Waals surface area contributed by atoms with Gasteiger partial charge in [-0.15, -0.1) is 11.8 Å². The third-order valence-corrected chi connectivity index (χ3v) is 5.45. The molecule has 24 heavy (non-hydrogen) atoms. The first-order valence-electron chi connectivity index (χ1n) is 7.02. The summed E-state index contributed by atoms with van der Waals surface area (Å²) in [6.07, 6.45) is 0. The Kier molecular flexibility index (Phi) is 6.89. The molecule has 0 aliphatic carbocycles. The van der Waals surface area contributed by atoms with E-state index in [0.717, 1.165) is 13.8 Å². The molecule has 0 saturated heterocycles. The van der Waals surface area contributed by atoms with Gasteiger partial charge < -0.3 is 10.1 Å².